The van der Waals surface area contributed by atoms with E-state index in [1.54, 1.807) is 11.1 Å². The summed E-state index contributed by atoms with van der Waals surface area (Å²) in [5.41, 5.74) is 5.77. The Morgan fingerprint density at radius 2 is 2.21 bits per heavy atom. The number of nitrogens with two attached hydrogens (primary N) is 1. The van der Waals surface area contributed by atoms with E-state index in [2.05, 4.69) is 15.3 Å². The van der Waals surface area contributed by atoms with Crippen molar-refractivity contribution in [3.05, 3.63) is 12.5 Å². The third-order valence-electron chi connectivity index (χ3n) is 2.61. The lowest BCUT2D eigenvalue weighted by Gasteiger charge is -2.40. The second kappa shape index (κ2) is 4.91. The van der Waals surface area contributed by atoms with Gasteiger partial charge >= 0.3 is 6.09 Å². The monoisotopic (exact) mass is 265 g/mol. The van der Waals surface area contributed by atoms with Gasteiger partial charge in [-0.15, -0.1) is 0 Å². The number of likely N-dealkylation sites (tertiary alicyclic amines) is 1. The lowest BCUT2D eigenvalue weighted by molar-refractivity contribution is 0.0105. The summed E-state index contributed by atoms with van der Waals surface area (Å²) in [5, 5.41) is 3.17. The summed E-state index contributed by atoms with van der Waals surface area (Å²) in [6, 6.07) is 0.143. The number of nitrogens with one attached hydrogen (secondary N) is 1. The van der Waals surface area contributed by atoms with Crippen molar-refractivity contribution < 1.29 is 9.53 Å². The summed E-state index contributed by atoms with van der Waals surface area (Å²) in [6.07, 6.45) is 2.68. The van der Waals surface area contributed by atoms with Gasteiger partial charge in [-0.05, 0) is 20.8 Å². The zero-order valence-electron chi connectivity index (χ0n) is 11.4. The molecule has 1 fully saturated rings. The molecule has 0 atom stereocenters. The third kappa shape index (κ3) is 3.46. The van der Waals surface area contributed by atoms with Crippen molar-refractivity contribution >= 4 is 17.6 Å². The molecule has 0 spiro atoms. The average molecular weight is 265 g/mol. The fourth-order valence-electron chi connectivity index (χ4n) is 1.70. The van der Waals surface area contributed by atoms with Crippen LogP contribution in [0.25, 0.3) is 0 Å². The molecule has 2 heterocycles. The van der Waals surface area contributed by atoms with Gasteiger partial charge in [0.1, 0.15) is 11.9 Å². The van der Waals surface area contributed by atoms with E-state index >= 15 is 0 Å². The minimum Gasteiger partial charge on any atom is -0.444 e. The van der Waals surface area contributed by atoms with Crippen LogP contribution in [0, 0.1) is 0 Å². The van der Waals surface area contributed by atoms with Crippen LogP contribution < -0.4 is 11.1 Å². The third-order valence-corrected chi connectivity index (χ3v) is 2.61. The van der Waals surface area contributed by atoms with Crippen molar-refractivity contribution in [1.82, 2.24) is 14.9 Å². The molecule has 1 aliphatic heterocycles. The summed E-state index contributed by atoms with van der Waals surface area (Å²) in [4.78, 5) is 21.2. The number of carbonyl (C=O) groups is 1. The number of nitrogen functional groups attached to an aromatic ring is 1. The number of hydrogen-bond donors (Lipinski definition) is 2. The van der Waals surface area contributed by atoms with Gasteiger partial charge in [0.25, 0.3) is 0 Å². The molecule has 0 bridgehead atoms. The van der Waals surface area contributed by atoms with Crippen molar-refractivity contribution in [2.24, 2.45) is 0 Å². The van der Waals surface area contributed by atoms with E-state index in [0.717, 1.165) is 0 Å². The topological polar surface area (TPSA) is 93.4 Å². The first kappa shape index (κ1) is 13.4. The molecule has 1 amide bonds. The zero-order valence-corrected chi connectivity index (χ0v) is 11.4. The highest BCUT2D eigenvalue weighted by Crippen LogP contribution is 2.20. The van der Waals surface area contributed by atoms with E-state index in [9.17, 15) is 4.79 Å². The minimum absolute atomic E-state index is 0.143. The fraction of sp³-hybridized carbons (Fsp3) is 0.583. The van der Waals surface area contributed by atoms with E-state index in [1.807, 2.05) is 20.8 Å². The Morgan fingerprint density at radius 1 is 1.53 bits per heavy atom. The van der Waals surface area contributed by atoms with Crippen molar-refractivity contribution in [2.75, 3.05) is 24.1 Å². The van der Waals surface area contributed by atoms with Crippen LogP contribution in [0.5, 0.6) is 0 Å². The molecular formula is C12H19N5O2. The molecule has 7 nitrogen and oxygen atoms in total. The molecule has 1 saturated heterocycles. The van der Waals surface area contributed by atoms with Crippen molar-refractivity contribution in [1.29, 1.82) is 0 Å². The molecule has 0 saturated carbocycles. The molecule has 0 radical (unpaired) electrons. The molecule has 7 heteroatoms. The van der Waals surface area contributed by atoms with Gasteiger partial charge in [-0.1, -0.05) is 0 Å². The highest BCUT2D eigenvalue weighted by atomic mass is 16.6. The number of amides is 1. The Balaban J connectivity index is 1.81. The zero-order chi connectivity index (χ0) is 14.0. The molecule has 0 aromatic carbocycles. The van der Waals surface area contributed by atoms with Gasteiger partial charge in [-0.25, -0.2) is 14.8 Å². The quantitative estimate of drug-likeness (QED) is 0.831. The van der Waals surface area contributed by atoms with Crippen molar-refractivity contribution in [2.45, 2.75) is 32.4 Å². The molecule has 0 unspecified atom stereocenters. The van der Waals surface area contributed by atoms with Crippen LogP contribution in [-0.4, -0.2) is 45.7 Å². The predicted octanol–water partition coefficient (Wildman–Crippen LogP) is 1.09. The molecule has 2 rings (SSSR count). The number of ether oxygens (including phenoxy) is 1. The van der Waals surface area contributed by atoms with Crippen LogP contribution in [0.4, 0.5) is 16.3 Å². The standard InChI is InChI=1S/C12H19N5O2/c1-12(2,3)19-11(18)17-5-8(6-17)16-10-9(13)4-14-7-15-10/h4,7-8H,5-6,13H2,1-3H3,(H,14,15,16). The highest BCUT2D eigenvalue weighted by Gasteiger charge is 2.33. The summed E-state index contributed by atoms with van der Waals surface area (Å²) in [5.74, 6) is 0.601. The Kier molecular flexibility index (Phi) is 3.46. The number of nitrogens with zero attached hydrogens (tertiary/aromatic N) is 3. The van der Waals surface area contributed by atoms with Gasteiger partial charge in [0.05, 0.1) is 17.9 Å². The number of anilines is 2. The van der Waals surface area contributed by atoms with Gasteiger partial charge in [0, 0.05) is 13.1 Å². The lowest BCUT2D eigenvalue weighted by Crippen LogP contribution is -2.58. The molecule has 104 valence electrons. The first-order chi connectivity index (χ1) is 8.85. The Hall–Kier alpha value is -2.05. The highest BCUT2D eigenvalue weighted by molar-refractivity contribution is 5.70. The van der Waals surface area contributed by atoms with Crippen LogP contribution in [-0.2, 0) is 4.74 Å². The first-order valence-corrected chi connectivity index (χ1v) is 6.15. The molecule has 1 aromatic heterocycles. The van der Waals surface area contributed by atoms with Gasteiger partial charge < -0.3 is 20.7 Å². The summed E-state index contributed by atoms with van der Waals surface area (Å²) in [6.45, 7) is 6.71. The number of aromatic nitrogens is 2. The van der Waals surface area contributed by atoms with E-state index in [-0.39, 0.29) is 12.1 Å². The Bertz CT molecular complexity index is 465. The first-order valence-electron chi connectivity index (χ1n) is 6.15. The summed E-state index contributed by atoms with van der Waals surface area (Å²) < 4.78 is 5.27. The maximum atomic E-state index is 11.7. The normalized spacial score (nSPS) is 15.8. The van der Waals surface area contributed by atoms with Crippen LogP contribution in [0.3, 0.4) is 0 Å². The lowest BCUT2D eigenvalue weighted by atomic mass is 10.1. The Labute approximate surface area is 112 Å². The van der Waals surface area contributed by atoms with E-state index in [1.165, 1.54) is 6.33 Å². The van der Waals surface area contributed by atoms with Gasteiger partial charge in [-0.3, -0.25) is 0 Å². The second-order valence-electron chi connectivity index (χ2n) is 5.55. The second-order valence-corrected chi connectivity index (χ2v) is 5.55. The largest absolute Gasteiger partial charge is 0.444 e. The van der Waals surface area contributed by atoms with E-state index in [0.29, 0.717) is 24.6 Å². The molecule has 3 N–H and O–H groups in total. The molecule has 0 aliphatic carbocycles. The average Bonchev–Trinajstić information content (AvgIpc) is 2.22. The van der Waals surface area contributed by atoms with E-state index < -0.39 is 5.60 Å². The van der Waals surface area contributed by atoms with Crippen molar-refractivity contribution in [3.8, 4) is 0 Å². The van der Waals surface area contributed by atoms with Crippen LogP contribution in [0.2, 0.25) is 0 Å². The fourth-order valence-corrected chi connectivity index (χ4v) is 1.70. The summed E-state index contributed by atoms with van der Waals surface area (Å²) in [7, 11) is 0. The SMILES string of the molecule is CC(C)(C)OC(=O)N1CC(Nc2ncncc2N)C1. The van der Waals surface area contributed by atoms with Crippen LogP contribution >= 0.6 is 0 Å². The van der Waals surface area contributed by atoms with Crippen LogP contribution in [0.15, 0.2) is 12.5 Å². The molecule has 19 heavy (non-hydrogen) atoms. The molecular weight excluding hydrogens is 246 g/mol. The predicted molar refractivity (Wildman–Crippen MR) is 71.7 cm³/mol. The van der Waals surface area contributed by atoms with Gasteiger partial charge in [0.2, 0.25) is 0 Å². The van der Waals surface area contributed by atoms with E-state index in [4.69, 9.17) is 10.5 Å². The number of hydrogen-bond acceptors (Lipinski definition) is 6. The maximum absolute atomic E-state index is 11.7. The van der Waals surface area contributed by atoms with Gasteiger partial charge in [0.15, 0.2) is 5.82 Å². The molecule has 1 aliphatic rings. The number of carbonyl (C=O) groups excluding carboxylic acids is 1. The molecule has 1 aromatic rings. The minimum atomic E-state index is -0.466. The summed E-state index contributed by atoms with van der Waals surface area (Å²) >= 11 is 0. The number of rotatable bonds is 2. The van der Waals surface area contributed by atoms with Crippen molar-refractivity contribution in [3.63, 3.8) is 0 Å². The van der Waals surface area contributed by atoms with Crippen LogP contribution in [0.1, 0.15) is 20.8 Å². The maximum Gasteiger partial charge on any atom is 0.410 e. The smallest absolute Gasteiger partial charge is 0.410 e. The Morgan fingerprint density at radius 3 is 2.79 bits per heavy atom. The van der Waals surface area contributed by atoms with Gasteiger partial charge in [-0.2, -0.15) is 0 Å².